The highest BCUT2D eigenvalue weighted by atomic mass is 32.2. The van der Waals surface area contributed by atoms with E-state index in [4.69, 9.17) is 14.5 Å². The van der Waals surface area contributed by atoms with Crippen molar-refractivity contribution in [3.8, 4) is 11.5 Å². The van der Waals surface area contributed by atoms with Crippen LogP contribution in [-0.2, 0) is 19.6 Å². The van der Waals surface area contributed by atoms with Gasteiger partial charge in [-0.05, 0) is 41.5 Å². The van der Waals surface area contributed by atoms with E-state index in [1.54, 1.807) is 50.5 Å². The van der Waals surface area contributed by atoms with Gasteiger partial charge in [0.1, 0.15) is 12.5 Å². The van der Waals surface area contributed by atoms with E-state index >= 15 is 0 Å². The number of hydrogen-bond acceptors (Lipinski definition) is 7. The van der Waals surface area contributed by atoms with Crippen LogP contribution in [0, 0.1) is 0 Å². The van der Waals surface area contributed by atoms with Gasteiger partial charge in [0, 0.05) is 25.8 Å². The first-order valence-corrected chi connectivity index (χ1v) is 13.9. The first-order chi connectivity index (χ1) is 18.5. The van der Waals surface area contributed by atoms with Gasteiger partial charge in [-0.2, -0.15) is 0 Å². The number of nitrogens with zero attached hydrogens (tertiary/aromatic N) is 3. The van der Waals surface area contributed by atoms with Crippen LogP contribution in [0.25, 0.3) is 0 Å². The Hall–Kier alpha value is -4.38. The van der Waals surface area contributed by atoms with Crippen molar-refractivity contribution < 1.29 is 27.5 Å². The van der Waals surface area contributed by atoms with Crippen molar-refractivity contribution in [3.63, 3.8) is 0 Å². The number of anilines is 2. The van der Waals surface area contributed by atoms with Gasteiger partial charge in [0.05, 0.1) is 37.6 Å². The molecular formula is C28H30N4O6S. The fraction of sp³-hybridized carbons (Fsp3) is 0.250. The van der Waals surface area contributed by atoms with Crippen molar-refractivity contribution in [2.75, 3.05) is 50.7 Å². The van der Waals surface area contributed by atoms with Crippen LogP contribution in [-0.4, -0.2) is 72.0 Å². The minimum Gasteiger partial charge on any atom is -0.493 e. The van der Waals surface area contributed by atoms with Crippen LogP contribution < -0.4 is 19.1 Å². The molecule has 2 amide bonds. The van der Waals surface area contributed by atoms with Gasteiger partial charge in [0.25, 0.3) is 0 Å². The molecule has 39 heavy (non-hydrogen) atoms. The molecule has 4 rings (SSSR count). The van der Waals surface area contributed by atoms with Gasteiger partial charge in [0.15, 0.2) is 11.5 Å². The number of nitrogens with one attached hydrogen (secondary N) is 1. The van der Waals surface area contributed by atoms with Gasteiger partial charge in [0.2, 0.25) is 21.8 Å². The van der Waals surface area contributed by atoms with Crippen molar-refractivity contribution in [2.24, 2.45) is 4.99 Å². The average Bonchev–Trinajstić information content (AvgIpc) is 3.23. The van der Waals surface area contributed by atoms with Crippen LogP contribution in [0.1, 0.15) is 17.0 Å². The molecule has 204 valence electrons. The number of fused-ring (bicyclic) bond motifs is 1. The minimum atomic E-state index is -3.72. The quantitative estimate of drug-likeness (QED) is 0.408. The molecular weight excluding hydrogens is 520 g/mol. The molecule has 11 heteroatoms. The number of ether oxygens (including phenoxy) is 2. The number of benzene rings is 3. The molecule has 0 spiro atoms. The van der Waals surface area contributed by atoms with Crippen LogP contribution in [0.2, 0.25) is 0 Å². The molecule has 1 heterocycles. The third kappa shape index (κ3) is 5.88. The Balaban J connectivity index is 1.78. The minimum absolute atomic E-state index is 0.245. The fourth-order valence-corrected chi connectivity index (χ4v) is 5.11. The Kier molecular flexibility index (Phi) is 7.91. The summed E-state index contributed by atoms with van der Waals surface area (Å²) in [6.07, 6.45) is 1.05. The van der Waals surface area contributed by atoms with E-state index in [0.717, 1.165) is 16.1 Å². The Labute approximate surface area is 227 Å². The largest absolute Gasteiger partial charge is 0.493 e. The lowest BCUT2D eigenvalue weighted by Crippen LogP contribution is -2.39. The molecule has 1 atom stereocenters. The van der Waals surface area contributed by atoms with Gasteiger partial charge in [-0.1, -0.05) is 30.3 Å². The van der Waals surface area contributed by atoms with Crippen LogP contribution in [0.5, 0.6) is 11.5 Å². The molecule has 0 saturated heterocycles. The molecule has 0 bridgehead atoms. The second kappa shape index (κ2) is 11.2. The van der Waals surface area contributed by atoms with Crippen LogP contribution in [0.15, 0.2) is 71.7 Å². The van der Waals surface area contributed by atoms with Gasteiger partial charge in [-0.3, -0.25) is 18.9 Å². The second-order valence-electron chi connectivity index (χ2n) is 9.15. The topological polar surface area (TPSA) is 118 Å². The molecule has 3 aromatic rings. The van der Waals surface area contributed by atoms with E-state index in [0.29, 0.717) is 39.8 Å². The fourth-order valence-electron chi connectivity index (χ4n) is 4.26. The molecule has 0 aliphatic carbocycles. The van der Waals surface area contributed by atoms with Crippen molar-refractivity contribution in [1.82, 2.24) is 4.90 Å². The molecule has 1 unspecified atom stereocenters. The summed E-state index contributed by atoms with van der Waals surface area (Å²) >= 11 is 0. The molecule has 1 N–H and O–H groups in total. The Morgan fingerprint density at radius 3 is 2.15 bits per heavy atom. The summed E-state index contributed by atoms with van der Waals surface area (Å²) in [5.41, 5.74) is 3.40. The van der Waals surface area contributed by atoms with Crippen LogP contribution in [0.4, 0.5) is 17.1 Å². The summed E-state index contributed by atoms with van der Waals surface area (Å²) in [7, 11) is 2.47. The van der Waals surface area contributed by atoms with Crippen LogP contribution >= 0.6 is 0 Å². The van der Waals surface area contributed by atoms with Crippen molar-refractivity contribution >= 4 is 44.6 Å². The number of methoxy groups -OCH3 is 2. The van der Waals surface area contributed by atoms with E-state index in [1.807, 2.05) is 30.3 Å². The summed E-state index contributed by atoms with van der Waals surface area (Å²) in [5.74, 6) is -0.347. The molecule has 3 aromatic carbocycles. The van der Waals surface area contributed by atoms with E-state index in [9.17, 15) is 18.0 Å². The van der Waals surface area contributed by atoms with Gasteiger partial charge in [-0.15, -0.1) is 0 Å². The highest BCUT2D eigenvalue weighted by Gasteiger charge is 2.36. The zero-order chi connectivity index (χ0) is 28.3. The normalized spacial score (nSPS) is 14.8. The number of sulfonamides is 1. The molecule has 0 saturated carbocycles. The number of carbonyl (C=O) groups excluding carboxylic acids is 2. The maximum Gasteiger partial charge on any atom is 0.242 e. The highest BCUT2D eigenvalue weighted by molar-refractivity contribution is 7.92. The SMILES string of the molecule is COc1cc2c(cc1OC)C(C(=Nc1ccc(N(CC(=O)N(C)C)S(C)(=O)=O)cc1)c1ccccc1)C(=O)N2. The lowest BCUT2D eigenvalue weighted by Gasteiger charge is -2.23. The van der Waals surface area contributed by atoms with E-state index in [1.165, 1.54) is 19.1 Å². The number of aliphatic imine (C=N–C) groups is 1. The number of amides is 2. The number of hydrogen-bond donors (Lipinski definition) is 1. The smallest absolute Gasteiger partial charge is 0.242 e. The Morgan fingerprint density at radius 1 is 0.974 bits per heavy atom. The molecule has 0 aromatic heterocycles. The first-order valence-electron chi connectivity index (χ1n) is 12.0. The first kappa shape index (κ1) is 27.6. The van der Waals surface area contributed by atoms with Gasteiger partial charge < -0.3 is 19.7 Å². The van der Waals surface area contributed by atoms with E-state index in [-0.39, 0.29) is 18.4 Å². The lowest BCUT2D eigenvalue weighted by atomic mass is 9.90. The summed E-state index contributed by atoms with van der Waals surface area (Å²) in [5, 5.41) is 2.91. The Bertz CT molecular complexity index is 1520. The summed E-state index contributed by atoms with van der Waals surface area (Å²) in [6.45, 7) is -0.325. The zero-order valence-electron chi connectivity index (χ0n) is 22.3. The average molecular weight is 551 g/mol. The Morgan fingerprint density at radius 2 is 1.59 bits per heavy atom. The molecule has 0 radical (unpaired) electrons. The van der Waals surface area contributed by atoms with E-state index < -0.39 is 15.9 Å². The predicted octanol–water partition coefficient (Wildman–Crippen LogP) is 3.41. The van der Waals surface area contributed by atoms with Crippen molar-refractivity contribution in [1.29, 1.82) is 0 Å². The van der Waals surface area contributed by atoms with Gasteiger partial charge in [-0.25, -0.2) is 8.42 Å². The van der Waals surface area contributed by atoms with Crippen LogP contribution in [0.3, 0.4) is 0 Å². The maximum absolute atomic E-state index is 13.3. The molecule has 1 aliphatic heterocycles. The van der Waals surface area contributed by atoms with E-state index in [2.05, 4.69) is 5.32 Å². The summed E-state index contributed by atoms with van der Waals surface area (Å²) in [6, 6.07) is 19.3. The van der Waals surface area contributed by atoms with Gasteiger partial charge >= 0.3 is 0 Å². The number of rotatable bonds is 9. The van der Waals surface area contributed by atoms with Crippen molar-refractivity contribution in [2.45, 2.75) is 5.92 Å². The summed E-state index contributed by atoms with van der Waals surface area (Å²) in [4.78, 5) is 31.7. The number of carbonyl (C=O) groups is 2. The lowest BCUT2D eigenvalue weighted by molar-refractivity contribution is -0.127. The standard InChI is InChI=1S/C28H30N4O6S/c1-31(2)25(33)17-32(39(5,35)36)20-13-11-19(12-14-20)29-27(18-9-7-6-8-10-18)26-21-15-23(37-3)24(38-4)16-22(21)30-28(26)34/h6-16,26H,17H2,1-5H3,(H,30,34). The molecule has 0 fully saturated rings. The third-order valence-electron chi connectivity index (χ3n) is 6.30. The third-order valence-corrected chi connectivity index (χ3v) is 7.44. The zero-order valence-corrected chi connectivity index (χ0v) is 23.2. The highest BCUT2D eigenvalue weighted by Crippen LogP contribution is 2.42. The monoisotopic (exact) mass is 550 g/mol. The summed E-state index contributed by atoms with van der Waals surface area (Å²) < 4.78 is 36.8. The molecule has 1 aliphatic rings. The second-order valence-corrected chi connectivity index (χ2v) is 11.1. The molecule has 10 nitrogen and oxygen atoms in total. The number of likely N-dealkylation sites (N-methyl/N-ethyl adjacent to an activating group) is 1. The predicted molar refractivity (Wildman–Crippen MR) is 151 cm³/mol. The van der Waals surface area contributed by atoms with Crippen molar-refractivity contribution in [3.05, 3.63) is 77.9 Å². The maximum atomic E-state index is 13.3.